The Balaban J connectivity index is 0.00000147. The van der Waals surface area contributed by atoms with E-state index in [0.717, 1.165) is 18.4 Å². The van der Waals surface area contributed by atoms with Gasteiger partial charge < -0.3 is 10.3 Å². The molecule has 2 unspecified atom stereocenters. The second-order valence-corrected chi connectivity index (χ2v) is 5.63. The second-order valence-electron chi connectivity index (χ2n) is 5.63. The van der Waals surface area contributed by atoms with E-state index >= 15 is 0 Å². The third-order valence-corrected chi connectivity index (χ3v) is 4.03. The fraction of sp³-hybridized carbons (Fsp3) is 0.467. The number of rotatable bonds is 2. The predicted octanol–water partition coefficient (Wildman–Crippen LogP) is 3.53. The molecule has 0 spiro atoms. The van der Waals surface area contributed by atoms with Crippen LogP contribution >= 0.6 is 12.4 Å². The lowest BCUT2D eigenvalue weighted by Crippen LogP contribution is -2.44. The highest BCUT2D eigenvalue weighted by molar-refractivity contribution is 5.85. The molecule has 0 bridgehead atoms. The van der Waals surface area contributed by atoms with E-state index in [0.29, 0.717) is 11.7 Å². The highest BCUT2D eigenvalue weighted by atomic mass is 35.5. The zero-order valence-corrected chi connectivity index (χ0v) is 12.4. The van der Waals surface area contributed by atoms with Crippen LogP contribution in [0.15, 0.2) is 34.9 Å². The van der Waals surface area contributed by atoms with Gasteiger partial charge in [-0.15, -0.1) is 12.4 Å². The van der Waals surface area contributed by atoms with E-state index in [-0.39, 0.29) is 23.9 Å². The monoisotopic (exact) mass is 293 g/mol. The lowest BCUT2D eigenvalue weighted by atomic mass is 9.74. The fourth-order valence-corrected chi connectivity index (χ4v) is 2.85. The zero-order valence-electron chi connectivity index (χ0n) is 11.6. The Hall–Kier alpha value is -1.39. The van der Waals surface area contributed by atoms with Gasteiger partial charge in [0.1, 0.15) is 0 Å². The number of aromatic nitrogens is 2. The van der Waals surface area contributed by atoms with Crippen LogP contribution in [0.5, 0.6) is 0 Å². The first kappa shape index (κ1) is 15.0. The van der Waals surface area contributed by atoms with Crippen molar-refractivity contribution in [2.75, 3.05) is 0 Å². The van der Waals surface area contributed by atoms with Crippen molar-refractivity contribution < 1.29 is 4.52 Å². The van der Waals surface area contributed by atoms with Gasteiger partial charge in [0.25, 0.3) is 0 Å². The summed E-state index contributed by atoms with van der Waals surface area (Å²) in [6.45, 7) is 2.09. The van der Waals surface area contributed by atoms with E-state index in [4.69, 9.17) is 10.3 Å². The molecule has 1 aromatic heterocycles. The standard InChI is InChI=1S/C15H19N3O.ClH/c1-15(16)10-6-5-9-12(15)14-17-13(18-19-14)11-7-3-2-4-8-11;/h2-4,7-8,12H,5-6,9-10,16H2,1H3;1H. The Morgan fingerprint density at radius 1 is 1.25 bits per heavy atom. The zero-order chi connectivity index (χ0) is 13.3. The van der Waals surface area contributed by atoms with Crippen LogP contribution in [0, 0.1) is 0 Å². The molecule has 0 aliphatic heterocycles. The Morgan fingerprint density at radius 3 is 2.70 bits per heavy atom. The van der Waals surface area contributed by atoms with Crippen molar-refractivity contribution in [2.24, 2.45) is 5.73 Å². The average molecular weight is 294 g/mol. The largest absolute Gasteiger partial charge is 0.339 e. The van der Waals surface area contributed by atoms with E-state index < -0.39 is 0 Å². The van der Waals surface area contributed by atoms with E-state index in [9.17, 15) is 0 Å². The maximum absolute atomic E-state index is 6.37. The number of hydrogen-bond acceptors (Lipinski definition) is 4. The van der Waals surface area contributed by atoms with Gasteiger partial charge in [-0.2, -0.15) is 4.98 Å². The minimum atomic E-state index is -0.237. The van der Waals surface area contributed by atoms with Crippen molar-refractivity contribution in [3.8, 4) is 11.4 Å². The molecule has 3 rings (SSSR count). The maximum atomic E-state index is 6.37. The quantitative estimate of drug-likeness (QED) is 0.920. The van der Waals surface area contributed by atoms with Crippen LogP contribution in [0.2, 0.25) is 0 Å². The highest BCUT2D eigenvalue weighted by Gasteiger charge is 2.37. The van der Waals surface area contributed by atoms with Gasteiger partial charge in [-0.3, -0.25) is 0 Å². The molecule has 1 heterocycles. The molecule has 1 aliphatic carbocycles. The van der Waals surface area contributed by atoms with Crippen LogP contribution in [-0.4, -0.2) is 15.7 Å². The first-order chi connectivity index (χ1) is 9.17. The SMILES string of the molecule is CC1(N)CCCCC1c1nc(-c2ccccc2)no1.Cl. The summed E-state index contributed by atoms with van der Waals surface area (Å²) in [6, 6.07) is 9.88. The van der Waals surface area contributed by atoms with Crippen LogP contribution in [0.3, 0.4) is 0 Å². The molecule has 108 valence electrons. The first-order valence-electron chi connectivity index (χ1n) is 6.85. The summed E-state index contributed by atoms with van der Waals surface area (Å²) in [4.78, 5) is 4.54. The van der Waals surface area contributed by atoms with Gasteiger partial charge in [0.15, 0.2) is 0 Å². The minimum absolute atomic E-state index is 0. The van der Waals surface area contributed by atoms with Crippen molar-refractivity contribution in [2.45, 2.75) is 44.1 Å². The molecule has 1 aromatic carbocycles. The van der Waals surface area contributed by atoms with Crippen LogP contribution in [-0.2, 0) is 0 Å². The van der Waals surface area contributed by atoms with Crippen LogP contribution in [0.25, 0.3) is 11.4 Å². The lowest BCUT2D eigenvalue weighted by Gasteiger charge is -2.35. The van der Waals surface area contributed by atoms with Crippen LogP contribution in [0.4, 0.5) is 0 Å². The van der Waals surface area contributed by atoms with Crippen molar-refractivity contribution in [3.63, 3.8) is 0 Å². The first-order valence-corrected chi connectivity index (χ1v) is 6.85. The van der Waals surface area contributed by atoms with Gasteiger partial charge in [-0.25, -0.2) is 0 Å². The van der Waals surface area contributed by atoms with Crippen LogP contribution in [0.1, 0.15) is 44.4 Å². The molecule has 1 aliphatic rings. The van der Waals surface area contributed by atoms with Gasteiger partial charge >= 0.3 is 0 Å². The molecule has 1 fully saturated rings. The molecule has 5 heteroatoms. The number of hydrogen-bond donors (Lipinski definition) is 1. The molecule has 0 radical (unpaired) electrons. The number of halogens is 1. The van der Waals surface area contributed by atoms with Crippen molar-refractivity contribution >= 4 is 12.4 Å². The van der Waals surface area contributed by atoms with E-state index in [1.54, 1.807) is 0 Å². The minimum Gasteiger partial charge on any atom is -0.339 e. The van der Waals surface area contributed by atoms with E-state index in [2.05, 4.69) is 17.1 Å². The van der Waals surface area contributed by atoms with Crippen molar-refractivity contribution in [3.05, 3.63) is 36.2 Å². The van der Waals surface area contributed by atoms with Crippen LogP contribution < -0.4 is 5.73 Å². The van der Waals surface area contributed by atoms with Crippen molar-refractivity contribution in [1.82, 2.24) is 10.1 Å². The van der Waals surface area contributed by atoms with Crippen molar-refractivity contribution in [1.29, 1.82) is 0 Å². The Labute approximate surface area is 125 Å². The summed E-state index contributed by atoms with van der Waals surface area (Å²) in [6.07, 6.45) is 4.41. The van der Waals surface area contributed by atoms with Gasteiger partial charge in [0, 0.05) is 11.1 Å². The third kappa shape index (κ3) is 2.86. The summed E-state index contributed by atoms with van der Waals surface area (Å²) < 4.78 is 5.45. The maximum Gasteiger partial charge on any atom is 0.231 e. The molecule has 1 saturated carbocycles. The molecular weight excluding hydrogens is 274 g/mol. The highest BCUT2D eigenvalue weighted by Crippen LogP contribution is 2.38. The van der Waals surface area contributed by atoms with Gasteiger partial charge in [0.2, 0.25) is 11.7 Å². The molecule has 4 nitrogen and oxygen atoms in total. The Bertz CT molecular complexity index is 553. The number of nitrogens with two attached hydrogens (primary N) is 1. The fourth-order valence-electron chi connectivity index (χ4n) is 2.85. The molecule has 0 amide bonds. The van der Waals surface area contributed by atoms with Gasteiger partial charge in [-0.05, 0) is 19.8 Å². The molecule has 2 aromatic rings. The second kappa shape index (κ2) is 5.94. The topological polar surface area (TPSA) is 64.9 Å². The molecule has 20 heavy (non-hydrogen) atoms. The van der Waals surface area contributed by atoms with E-state index in [1.165, 1.54) is 12.8 Å². The lowest BCUT2D eigenvalue weighted by molar-refractivity contribution is 0.223. The predicted molar refractivity (Wildman–Crippen MR) is 80.8 cm³/mol. The summed E-state index contributed by atoms with van der Waals surface area (Å²) in [5.74, 6) is 1.51. The van der Waals surface area contributed by atoms with Gasteiger partial charge in [-0.1, -0.05) is 48.3 Å². The molecule has 2 atom stereocenters. The average Bonchev–Trinajstić information content (AvgIpc) is 2.88. The molecular formula is C15H20ClN3O. The van der Waals surface area contributed by atoms with E-state index in [1.807, 2.05) is 30.3 Å². The Morgan fingerprint density at radius 2 is 2.00 bits per heavy atom. The summed E-state index contributed by atoms with van der Waals surface area (Å²) in [5.41, 5.74) is 7.12. The Kier molecular flexibility index (Phi) is 4.45. The summed E-state index contributed by atoms with van der Waals surface area (Å²) in [5, 5.41) is 4.09. The number of nitrogens with zero attached hydrogens (tertiary/aromatic N) is 2. The summed E-state index contributed by atoms with van der Waals surface area (Å²) in [7, 11) is 0. The number of benzene rings is 1. The molecule has 0 saturated heterocycles. The smallest absolute Gasteiger partial charge is 0.231 e. The molecule has 2 N–H and O–H groups in total. The van der Waals surface area contributed by atoms with Gasteiger partial charge in [0.05, 0.1) is 5.92 Å². The summed E-state index contributed by atoms with van der Waals surface area (Å²) >= 11 is 0. The third-order valence-electron chi connectivity index (χ3n) is 4.03. The normalized spacial score (nSPS) is 26.0.